The predicted molar refractivity (Wildman–Crippen MR) is 98.6 cm³/mol. The largest absolute Gasteiger partial charge is 0.484 e. The maximum Gasteiger partial charge on any atom is 0.258 e. The first kappa shape index (κ1) is 19.0. The summed E-state index contributed by atoms with van der Waals surface area (Å²) >= 11 is 0. The maximum absolute atomic E-state index is 12.0. The Morgan fingerprint density at radius 3 is 2.62 bits per heavy atom. The molecule has 2 amide bonds. The Morgan fingerprint density at radius 2 is 1.88 bits per heavy atom. The number of carbonyl (C=O) groups excluding carboxylic acids is 2. The Bertz CT molecular complexity index is 840. The molecule has 6 heteroatoms. The molecule has 0 saturated carbocycles. The highest BCUT2D eigenvalue weighted by Crippen LogP contribution is 2.18. The van der Waals surface area contributed by atoms with Crippen LogP contribution in [0.5, 0.6) is 5.75 Å². The Hall–Kier alpha value is -3.33. The van der Waals surface area contributed by atoms with Gasteiger partial charge in [-0.1, -0.05) is 35.9 Å². The summed E-state index contributed by atoms with van der Waals surface area (Å²) in [5.74, 6) is 0.0301. The minimum absolute atomic E-state index is 0.0904. The molecule has 0 saturated heterocycles. The molecule has 0 fully saturated rings. The minimum Gasteiger partial charge on any atom is -0.484 e. The molecule has 0 aliphatic heterocycles. The quantitative estimate of drug-likeness (QED) is 0.802. The van der Waals surface area contributed by atoms with Crippen LogP contribution in [0.15, 0.2) is 42.5 Å². The van der Waals surface area contributed by atoms with Crippen molar-refractivity contribution in [1.29, 1.82) is 5.26 Å². The number of ether oxygens (including phenoxy) is 1. The summed E-state index contributed by atoms with van der Waals surface area (Å²) in [5, 5.41) is 14.0. The van der Waals surface area contributed by atoms with Crippen molar-refractivity contribution in [2.24, 2.45) is 0 Å². The number of rotatable bonds is 7. The van der Waals surface area contributed by atoms with E-state index in [1.54, 1.807) is 24.3 Å². The van der Waals surface area contributed by atoms with Crippen LogP contribution in [0.2, 0.25) is 0 Å². The van der Waals surface area contributed by atoms with Crippen LogP contribution in [-0.4, -0.2) is 18.4 Å². The van der Waals surface area contributed by atoms with Gasteiger partial charge in [-0.25, -0.2) is 0 Å². The first-order valence-corrected chi connectivity index (χ1v) is 8.21. The molecule has 2 N–H and O–H groups in total. The second-order valence-electron chi connectivity index (χ2n) is 5.87. The van der Waals surface area contributed by atoms with Gasteiger partial charge in [-0.15, -0.1) is 0 Å². The zero-order valence-corrected chi connectivity index (χ0v) is 14.8. The third kappa shape index (κ3) is 5.64. The van der Waals surface area contributed by atoms with Crippen molar-refractivity contribution in [3.05, 3.63) is 59.2 Å². The summed E-state index contributed by atoms with van der Waals surface area (Å²) in [6.45, 7) is 4.08. The second kappa shape index (κ2) is 9.23. The summed E-state index contributed by atoms with van der Waals surface area (Å²) in [5.41, 5.74) is 3.43. The predicted octanol–water partition coefficient (Wildman–Crippen LogP) is 2.85. The highest BCUT2D eigenvalue weighted by molar-refractivity contribution is 5.92. The number of anilines is 1. The number of hydrogen-bond donors (Lipinski definition) is 2. The number of para-hydroxylation sites is 1. The third-order valence-electron chi connectivity index (χ3n) is 3.70. The molecule has 0 atom stereocenters. The molecule has 134 valence electrons. The normalized spacial score (nSPS) is 9.88. The summed E-state index contributed by atoms with van der Waals surface area (Å²) < 4.78 is 5.55. The molecule has 2 rings (SSSR count). The van der Waals surface area contributed by atoms with Crippen LogP contribution in [0.3, 0.4) is 0 Å². The lowest BCUT2D eigenvalue weighted by Gasteiger charge is -2.12. The molecule has 0 unspecified atom stereocenters. The zero-order valence-electron chi connectivity index (χ0n) is 14.8. The van der Waals surface area contributed by atoms with Gasteiger partial charge in [0.1, 0.15) is 12.2 Å². The van der Waals surface area contributed by atoms with Gasteiger partial charge in [0, 0.05) is 12.2 Å². The lowest BCUT2D eigenvalue weighted by atomic mass is 10.1. The molecule has 2 aromatic rings. The van der Waals surface area contributed by atoms with Gasteiger partial charge in [0.05, 0.1) is 6.07 Å². The Balaban J connectivity index is 1.89. The average Bonchev–Trinajstić information content (AvgIpc) is 2.60. The van der Waals surface area contributed by atoms with Crippen LogP contribution in [0, 0.1) is 25.2 Å². The van der Waals surface area contributed by atoms with E-state index in [2.05, 4.69) is 10.6 Å². The lowest BCUT2D eigenvalue weighted by molar-refractivity contribution is -0.123. The van der Waals surface area contributed by atoms with E-state index in [-0.39, 0.29) is 31.4 Å². The van der Waals surface area contributed by atoms with Gasteiger partial charge in [-0.05, 0) is 37.1 Å². The van der Waals surface area contributed by atoms with Crippen LogP contribution >= 0.6 is 0 Å². The van der Waals surface area contributed by atoms with E-state index in [0.717, 1.165) is 16.7 Å². The van der Waals surface area contributed by atoms with Crippen molar-refractivity contribution < 1.29 is 14.3 Å². The molecular formula is C20H21N3O3. The average molecular weight is 351 g/mol. The van der Waals surface area contributed by atoms with Crippen LogP contribution in [0.25, 0.3) is 0 Å². The van der Waals surface area contributed by atoms with E-state index in [4.69, 9.17) is 10.00 Å². The fourth-order valence-corrected chi connectivity index (χ4v) is 2.41. The summed E-state index contributed by atoms with van der Waals surface area (Å²) in [6.07, 6.45) is -0.218. The highest BCUT2D eigenvalue weighted by Gasteiger charge is 2.09. The topological polar surface area (TPSA) is 91.2 Å². The van der Waals surface area contributed by atoms with Crippen molar-refractivity contribution in [3.8, 4) is 11.8 Å². The van der Waals surface area contributed by atoms with Crippen molar-refractivity contribution in [2.45, 2.75) is 26.8 Å². The highest BCUT2D eigenvalue weighted by atomic mass is 16.5. The SMILES string of the molecule is Cc1ccc(OCC(=O)NCc2ccccc2NC(=O)CC#N)c(C)c1. The summed E-state index contributed by atoms with van der Waals surface area (Å²) in [6, 6.07) is 14.7. The van der Waals surface area contributed by atoms with Gasteiger partial charge < -0.3 is 15.4 Å². The molecule has 6 nitrogen and oxygen atoms in total. The van der Waals surface area contributed by atoms with Crippen molar-refractivity contribution in [3.63, 3.8) is 0 Å². The van der Waals surface area contributed by atoms with Gasteiger partial charge >= 0.3 is 0 Å². The number of benzene rings is 2. The summed E-state index contributed by atoms with van der Waals surface area (Å²) in [4.78, 5) is 23.6. The zero-order chi connectivity index (χ0) is 18.9. The van der Waals surface area contributed by atoms with Gasteiger partial charge in [-0.2, -0.15) is 5.26 Å². The van der Waals surface area contributed by atoms with E-state index in [9.17, 15) is 9.59 Å². The number of nitrogens with one attached hydrogen (secondary N) is 2. The minimum atomic E-state index is -0.385. The maximum atomic E-state index is 12.0. The van der Waals surface area contributed by atoms with Gasteiger partial charge in [0.25, 0.3) is 5.91 Å². The fraction of sp³-hybridized carbons (Fsp3) is 0.250. The number of hydrogen-bond acceptors (Lipinski definition) is 4. The number of aryl methyl sites for hydroxylation is 2. The van der Waals surface area contributed by atoms with Crippen molar-refractivity contribution in [1.82, 2.24) is 5.32 Å². The Morgan fingerprint density at radius 1 is 1.12 bits per heavy atom. The molecule has 0 spiro atoms. The van der Waals surface area contributed by atoms with Gasteiger partial charge in [-0.3, -0.25) is 9.59 Å². The van der Waals surface area contributed by atoms with E-state index in [1.807, 2.05) is 38.1 Å². The molecule has 0 aliphatic rings. The van der Waals surface area contributed by atoms with Crippen LogP contribution in [0.1, 0.15) is 23.1 Å². The fourth-order valence-electron chi connectivity index (χ4n) is 2.41. The van der Waals surface area contributed by atoms with E-state index in [0.29, 0.717) is 11.4 Å². The molecule has 0 heterocycles. The molecular weight excluding hydrogens is 330 g/mol. The van der Waals surface area contributed by atoms with E-state index >= 15 is 0 Å². The standard InChI is InChI=1S/C20H21N3O3/c1-14-7-8-18(15(2)11-14)26-13-20(25)22-12-16-5-3-4-6-17(16)23-19(24)9-10-21/h3-8,11H,9,12-13H2,1-2H3,(H,22,25)(H,23,24). The smallest absolute Gasteiger partial charge is 0.258 e. The molecule has 26 heavy (non-hydrogen) atoms. The molecule has 2 aromatic carbocycles. The first-order chi connectivity index (χ1) is 12.5. The van der Waals surface area contributed by atoms with Crippen molar-refractivity contribution in [2.75, 3.05) is 11.9 Å². The Labute approximate surface area is 152 Å². The van der Waals surface area contributed by atoms with Gasteiger partial charge in [0.2, 0.25) is 5.91 Å². The van der Waals surface area contributed by atoms with E-state index in [1.165, 1.54) is 0 Å². The van der Waals surface area contributed by atoms with Gasteiger partial charge in [0.15, 0.2) is 6.61 Å². The molecule has 0 radical (unpaired) electrons. The number of nitriles is 1. The second-order valence-corrected chi connectivity index (χ2v) is 5.87. The number of nitrogens with zero attached hydrogens (tertiary/aromatic N) is 1. The number of carbonyl (C=O) groups is 2. The van der Waals surface area contributed by atoms with Crippen LogP contribution in [-0.2, 0) is 16.1 Å². The van der Waals surface area contributed by atoms with Crippen LogP contribution in [0.4, 0.5) is 5.69 Å². The van der Waals surface area contributed by atoms with E-state index < -0.39 is 0 Å². The number of amides is 2. The molecule has 0 bridgehead atoms. The molecule has 0 aliphatic carbocycles. The monoisotopic (exact) mass is 351 g/mol. The third-order valence-corrected chi connectivity index (χ3v) is 3.70. The summed E-state index contributed by atoms with van der Waals surface area (Å²) in [7, 11) is 0. The van der Waals surface area contributed by atoms with Crippen LogP contribution < -0.4 is 15.4 Å². The first-order valence-electron chi connectivity index (χ1n) is 8.21. The van der Waals surface area contributed by atoms with Crippen molar-refractivity contribution >= 4 is 17.5 Å². The molecule has 0 aromatic heterocycles. The Kier molecular flexibility index (Phi) is 6.75. The lowest BCUT2D eigenvalue weighted by Crippen LogP contribution is -2.29.